The first-order valence-electron chi connectivity index (χ1n) is 11.9. The number of hydrogen-bond acceptors (Lipinski definition) is 5. The summed E-state index contributed by atoms with van der Waals surface area (Å²) in [6, 6.07) is 11.5. The molecule has 2 aliphatic rings. The summed E-state index contributed by atoms with van der Waals surface area (Å²) in [5.74, 6) is -1.32. The molecule has 2 aromatic rings. The van der Waals surface area contributed by atoms with Crippen molar-refractivity contribution in [3.8, 4) is 0 Å². The summed E-state index contributed by atoms with van der Waals surface area (Å²) in [5, 5.41) is 5.80. The van der Waals surface area contributed by atoms with Crippen LogP contribution < -0.4 is 0 Å². The van der Waals surface area contributed by atoms with Gasteiger partial charge < -0.3 is 9.64 Å². The van der Waals surface area contributed by atoms with Crippen LogP contribution >= 0.6 is 0 Å². The van der Waals surface area contributed by atoms with Crippen molar-refractivity contribution in [2.24, 2.45) is 5.10 Å². The van der Waals surface area contributed by atoms with Crippen LogP contribution in [-0.2, 0) is 14.3 Å². The van der Waals surface area contributed by atoms with Gasteiger partial charge in [0, 0.05) is 44.6 Å². The number of hydrogen-bond donors (Lipinski definition) is 0. The lowest BCUT2D eigenvalue weighted by Gasteiger charge is -2.31. The van der Waals surface area contributed by atoms with Gasteiger partial charge in [0.2, 0.25) is 5.91 Å². The summed E-state index contributed by atoms with van der Waals surface area (Å²) in [5.41, 5.74) is 1.58. The maximum atomic E-state index is 14.7. The van der Waals surface area contributed by atoms with E-state index in [1.807, 2.05) is 0 Å². The van der Waals surface area contributed by atoms with Gasteiger partial charge in [0.25, 0.3) is 5.91 Å². The third-order valence-electron chi connectivity index (χ3n) is 6.38. The second-order valence-electron chi connectivity index (χ2n) is 8.66. The van der Waals surface area contributed by atoms with E-state index in [9.17, 15) is 18.4 Å². The number of carbonyl (C=O) groups excluding carboxylic acids is 2. The van der Waals surface area contributed by atoms with Gasteiger partial charge in [0.1, 0.15) is 18.2 Å². The first-order chi connectivity index (χ1) is 17.0. The number of ether oxygens (including phenoxy) is 1. The van der Waals surface area contributed by atoms with Crippen LogP contribution in [0, 0.1) is 11.6 Å². The van der Waals surface area contributed by atoms with Crippen LogP contribution in [-0.4, -0.2) is 78.3 Å². The minimum absolute atomic E-state index is 0.129. The van der Waals surface area contributed by atoms with Crippen molar-refractivity contribution in [1.82, 2.24) is 14.8 Å². The molecule has 0 spiro atoms. The molecule has 186 valence electrons. The lowest BCUT2D eigenvalue weighted by atomic mass is 9.98. The topological polar surface area (TPSA) is 65.5 Å². The first kappa shape index (κ1) is 24.9. The molecule has 0 radical (unpaired) electrons. The predicted octanol–water partition coefficient (Wildman–Crippen LogP) is 3.21. The molecule has 0 saturated carbocycles. The Bertz CT molecular complexity index is 1070. The Morgan fingerprint density at radius 3 is 2.49 bits per heavy atom. The molecule has 0 aliphatic carbocycles. The van der Waals surface area contributed by atoms with Crippen LogP contribution in [0.5, 0.6) is 0 Å². The molecule has 7 nitrogen and oxygen atoms in total. The van der Waals surface area contributed by atoms with Crippen molar-refractivity contribution >= 4 is 17.5 Å². The van der Waals surface area contributed by atoms with E-state index in [1.165, 1.54) is 23.2 Å². The number of benzene rings is 2. The number of amides is 2. The molecule has 35 heavy (non-hydrogen) atoms. The second-order valence-corrected chi connectivity index (χ2v) is 8.66. The van der Waals surface area contributed by atoms with Crippen LogP contribution in [0.2, 0.25) is 0 Å². The average molecular weight is 485 g/mol. The monoisotopic (exact) mass is 484 g/mol. The average Bonchev–Trinajstić information content (AvgIpc) is 3.32. The Kier molecular flexibility index (Phi) is 8.20. The Hall–Kier alpha value is -3.17. The van der Waals surface area contributed by atoms with Crippen molar-refractivity contribution in [3.05, 3.63) is 71.3 Å². The number of nitrogens with zero attached hydrogens (tertiary/aromatic N) is 4. The molecular weight excluding hydrogens is 454 g/mol. The normalized spacial score (nSPS) is 18.4. The Labute approximate surface area is 203 Å². The van der Waals surface area contributed by atoms with Crippen molar-refractivity contribution in [2.45, 2.75) is 25.8 Å². The number of rotatable bonds is 8. The highest BCUT2D eigenvalue weighted by atomic mass is 19.1. The quantitative estimate of drug-likeness (QED) is 0.577. The van der Waals surface area contributed by atoms with E-state index in [2.05, 4.69) is 10.0 Å². The molecule has 9 heteroatoms. The van der Waals surface area contributed by atoms with Gasteiger partial charge in [-0.2, -0.15) is 5.10 Å². The van der Waals surface area contributed by atoms with Crippen LogP contribution in [0.4, 0.5) is 8.78 Å². The standard InChI is InChI=1S/C26H30F2N4O3/c1-2-25(33)31(12-11-30-13-15-35-16-14-30)18-26(34)32-24(21-5-3-4-6-22(21)28)17-23(29-32)19-7-9-20(27)10-8-19/h3-10,24H,2,11-18H2,1H3. The molecule has 1 unspecified atom stereocenters. The third-order valence-corrected chi connectivity index (χ3v) is 6.38. The highest BCUT2D eigenvalue weighted by molar-refractivity contribution is 6.03. The van der Waals surface area contributed by atoms with Gasteiger partial charge in [-0.15, -0.1) is 0 Å². The van der Waals surface area contributed by atoms with Crippen LogP contribution in [0.25, 0.3) is 0 Å². The van der Waals surface area contributed by atoms with E-state index in [0.717, 1.165) is 13.1 Å². The molecule has 0 aromatic heterocycles. The fourth-order valence-electron chi connectivity index (χ4n) is 4.38. The maximum Gasteiger partial charge on any atom is 0.262 e. The molecule has 1 atom stereocenters. The van der Waals surface area contributed by atoms with Crippen LogP contribution in [0.1, 0.15) is 36.9 Å². The summed E-state index contributed by atoms with van der Waals surface area (Å²) >= 11 is 0. The Morgan fingerprint density at radius 1 is 1.09 bits per heavy atom. The van der Waals surface area contributed by atoms with Gasteiger partial charge in [-0.3, -0.25) is 14.5 Å². The minimum atomic E-state index is -0.651. The number of hydrazone groups is 1. The summed E-state index contributed by atoms with van der Waals surface area (Å²) in [6.07, 6.45) is 0.561. The Balaban J connectivity index is 1.55. The van der Waals surface area contributed by atoms with Gasteiger partial charge >= 0.3 is 0 Å². The molecule has 0 N–H and O–H groups in total. The van der Waals surface area contributed by atoms with Crippen molar-refractivity contribution in [2.75, 3.05) is 45.9 Å². The zero-order valence-electron chi connectivity index (χ0n) is 19.8. The molecule has 1 fully saturated rings. The number of halogens is 2. The molecule has 2 aliphatic heterocycles. The van der Waals surface area contributed by atoms with E-state index in [0.29, 0.717) is 43.1 Å². The number of morpholine rings is 1. The highest BCUT2D eigenvalue weighted by Crippen LogP contribution is 2.34. The summed E-state index contributed by atoms with van der Waals surface area (Å²) in [4.78, 5) is 29.8. The van der Waals surface area contributed by atoms with E-state index in [-0.39, 0.29) is 37.0 Å². The van der Waals surface area contributed by atoms with Gasteiger partial charge in [-0.05, 0) is 23.8 Å². The van der Waals surface area contributed by atoms with Gasteiger partial charge in [0.15, 0.2) is 0 Å². The largest absolute Gasteiger partial charge is 0.379 e. The summed E-state index contributed by atoms with van der Waals surface area (Å²) in [6.45, 7) is 5.54. The third kappa shape index (κ3) is 6.10. The SMILES string of the molecule is CCC(=O)N(CCN1CCOCC1)CC(=O)N1N=C(c2ccc(F)cc2)CC1c1ccccc1F. The van der Waals surface area contributed by atoms with Crippen LogP contribution in [0.15, 0.2) is 53.6 Å². The molecule has 0 bridgehead atoms. The van der Waals surface area contributed by atoms with Gasteiger partial charge in [-0.1, -0.05) is 37.3 Å². The first-order valence-corrected chi connectivity index (χ1v) is 11.9. The van der Waals surface area contributed by atoms with E-state index >= 15 is 0 Å². The fraction of sp³-hybridized carbons (Fsp3) is 0.423. The van der Waals surface area contributed by atoms with E-state index in [1.54, 1.807) is 42.2 Å². The smallest absolute Gasteiger partial charge is 0.262 e. The lowest BCUT2D eigenvalue weighted by molar-refractivity contribution is -0.141. The molecule has 2 aromatic carbocycles. The predicted molar refractivity (Wildman–Crippen MR) is 128 cm³/mol. The molecular formula is C26H30F2N4O3. The van der Waals surface area contributed by atoms with E-state index in [4.69, 9.17) is 4.74 Å². The lowest BCUT2D eigenvalue weighted by Crippen LogP contribution is -2.46. The summed E-state index contributed by atoms with van der Waals surface area (Å²) in [7, 11) is 0. The minimum Gasteiger partial charge on any atom is -0.379 e. The molecule has 4 rings (SSSR count). The van der Waals surface area contributed by atoms with E-state index < -0.39 is 11.9 Å². The Morgan fingerprint density at radius 2 is 1.80 bits per heavy atom. The maximum absolute atomic E-state index is 14.7. The van der Waals surface area contributed by atoms with Crippen molar-refractivity contribution in [1.29, 1.82) is 0 Å². The van der Waals surface area contributed by atoms with Gasteiger partial charge in [0.05, 0.1) is 25.0 Å². The zero-order valence-corrected chi connectivity index (χ0v) is 19.8. The van der Waals surface area contributed by atoms with Crippen molar-refractivity contribution < 1.29 is 23.1 Å². The molecule has 2 heterocycles. The summed E-state index contributed by atoms with van der Waals surface area (Å²) < 4.78 is 33.5. The molecule has 2 amide bonds. The van der Waals surface area contributed by atoms with Crippen LogP contribution in [0.3, 0.4) is 0 Å². The second kappa shape index (κ2) is 11.5. The highest BCUT2D eigenvalue weighted by Gasteiger charge is 2.35. The number of carbonyl (C=O) groups is 2. The molecule has 1 saturated heterocycles. The van der Waals surface area contributed by atoms with Gasteiger partial charge in [-0.25, -0.2) is 13.8 Å². The fourth-order valence-corrected chi connectivity index (χ4v) is 4.38. The zero-order chi connectivity index (χ0) is 24.8. The van der Waals surface area contributed by atoms with Crippen molar-refractivity contribution in [3.63, 3.8) is 0 Å².